The molecule has 2 aromatic rings. The molecule has 0 bridgehead atoms. The summed E-state index contributed by atoms with van der Waals surface area (Å²) in [5, 5.41) is 2.86. The predicted molar refractivity (Wildman–Crippen MR) is 95.2 cm³/mol. The Balaban J connectivity index is 2.13. The highest BCUT2D eigenvalue weighted by molar-refractivity contribution is 6.06. The van der Waals surface area contributed by atoms with E-state index in [1.165, 1.54) is 6.20 Å². The molecule has 2 amide bonds. The summed E-state index contributed by atoms with van der Waals surface area (Å²) in [5.74, 6) is -0.425. The van der Waals surface area contributed by atoms with Gasteiger partial charge >= 0.3 is 0 Å². The van der Waals surface area contributed by atoms with Gasteiger partial charge < -0.3 is 10.2 Å². The van der Waals surface area contributed by atoms with E-state index in [2.05, 4.69) is 17.2 Å². The van der Waals surface area contributed by atoms with Gasteiger partial charge in [0.05, 0.1) is 0 Å². The van der Waals surface area contributed by atoms with Gasteiger partial charge in [-0.05, 0) is 37.1 Å². The maximum absolute atomic E-state index is 12.4. The number of aryl methyl sites for hydroxylation is 1. The van der Waals surface area contributed by atoms with Crippen LogP contribution in [0, 0.1) is 6.92 Å². The molecule has 126 valence electrons. The number of carbonyl (C=O) groups excluding carboxylic acids is 2. The summed E-state index contributed by atoms with van der Waals surface area (Å²) in [6.45, 7) is 4.68. The van der Waals surface area contributed by atoms with E-state index in [1.807, 2.05) is 31.2 Å². The minimum atomic E-state index is -0.253. The van der Waals surface area contributed by atoms with Gasteiger partial charge in [-0.3, -0.25) is 14.6 Å². The molecule has 5 nitrogen and oxygen atoms in total. The predicted octanol–water partition coefficient (Wildman–Crippen LogP) is 3.51. The van der Waals surface area contributed by atoms with Crippen LogP contribution in [0.3, 0.4) is 0 Å². The minimum absolute atomic E-state index is 0.172. The van der Waals surface area contributed by atoms with Gasteiger partial charge in [0.15, 0.2) is 0 Å². The molecular weight excluding hydrogens is 302 g/mol. The Morgan fingerprint density at radius 2 is 1.96 bits per heavy atom. The van der Waals surface area contributed by atoms with Crippen molar-refractivity contribution in [2.75, 3.05) is 18.9 Å². The summed E-state index contributed by atoms with van der Waals surface area (Å²) in [4.78, 5) is 30.5. The Labute approximate surface area is 142 Å². The summed E-state index contributed by atoms with van der Waals surface area (Å²) in [6.07, 6.45) is 3.45. The van der Waals surface area contributed by atoms with Crippen LogP contribution < -0.4 is 5.32 Å². The van der Waals surface area contributed by atoms with Crippen molar-refractivity contribution < 1.29 is 9.59 Å². The number of aromatic nitrogens is 1. The Morgan fingerprint density at radius 3 is 2.67 bits per heavy atom. The summed E-state index contributed by atoms with van der Waals surface area (Å²) >= 11 is 0. The lowest BCUT2D eigenvalue weighted by molar-refractivity contribution is 0.0787. The number of pyridine rings is 1. The maximum atomic E-state index is 12.4. The zero-order valence-electron chi connectivity index (χ0n) is 14.4. The molecule has 1 aromatic heterocycles. The van der Waals surface area contributed by atoms with Crippen molar-refractivity contribution in [1.82, 2.24) is 9.88 Å². The average Bonchev–Trinajstić information content (AvgIpc) is 2.61. The van der Waals surface area contributed by atoms with Crippen LogP contribution in [0.4, 0.5) is 5.69 Å². The molecule has 0 aliphatic rings. The number of unbranched alkanes of at least 4 members (excludes halogenated alkanes) is 1. The lowest BCUT2D eigenvalue weighted by Crippen LogP contribution is -2.28. The molecule has 2 rings (SSSR count). The Morgan fingerprint density at radius 1 is 1.21 bits per heavy atom. The van der Waals surface area contributed by atoms with Gasteiger partial charge in [-0.1, -0.05) is 31.5 Å². The van der Waals surface area contributed by atoms with Crippen molar-refractivity contribution in [2.24, 2.45) is 0 Å². The van der Waals surface area contributed by atoms with Crippen LogP contribution in [0.1, 0.15) is 46.2 Å². The number of amides is 2. The third kappa shape index (κ3) is 4.41. The van der Waals surface area contributed by atoms with Gasteiger partial charge in [-0.2, -0.15) is 0 Å². The lowest BCUT2D eigenvalue weighted by atomic mass is 10.1. The van der Waals surface area contributed by atoms with Gasteiger partial charge in [-0.25, -0.2) is 0 Å². The van der Waals surface area contributed by atoms with E-state index in [9.17, 15) is 9.59 Å². The molecule has 0 saturated carbocycles. The van der Waals surface area contributed by atoms with E-state index in [-0.39, 0.29) is 17.5 Å². The second-order valence-electron chi connectivity index (χ2n) is 5.78. The van der Waals surface area contributed by atoms with Crippen molar-refractivity contribution in [2.45, 2.75) is 26.7 Å². The monoisotopic (exact) mass is 325 g/mol. The fraction of sp³-hybridized carbons (Fsp3) is 0.316. The molecule has 1 aromatic carbocycles. The van der Waals surface area contributed by atoms with Gasteiger partial charge in [0, 0.05) is 31.0 Å². The summed E-state index contributed by atoms with van der Waals surface area (Å²) < 4.78 is 0. The number of nitrogens with zero attached hydrogens (tertiary/aromatic N) is 2. The second kappa shape index (κ2) is 8.24. The first-order valence-corrected chi connectivity index (χ1v) is 8.11. The molecule has 0 unspecified atom stereocenters. The third-order valence-corrected chi connectivity index (χ3v) is 3.83. The number of hydrogen-bond donors (Lipinski definition) is 1. The van der Waals surface area contributed by atoms with Crippen LogP contribution in [0.5, 0.6) is 0 Å². The topological polar surface area (TPSA) is 62.3 Å². The first-order valence-electron chi connectivity index (χ1n) is 8.11. The van der Waals surface area contributed by atoms with Crippen LogP contribution in [-0.4, -0.2) is 35.3 Å². The standard InChI is InChI=1S/C19H23N3O2/c1-4-5-12-22(3)19(24)17-13-15(10-11-20-17)18(23)21-16-9-7-6-8-14(16)2/h6-11,13H,4-5,12H2,1-3H3,(H,21,23). The molecule has 0 aliphatic carbocycles. The van der Waals surface area contributed by atoms with Crippen molar-refractivity contribution in [1.29, 1.82) is 0 Å². The average molecular weight is 325 g/mol. The van der Waals surface area contributed by atoms with Crippen LogP contribution in [0.15, 0.2) is 42.6 Å². The SMILES string of the molecule is CCCCN(C)C(=O)c1cc(C(=O)Nc2ccccc2C)ccn1. The smallest absolute Gasteiger partial charge is 0.272 e. The van der Waals surface area contributed by atoms with Gasteiger partial charge in [-0.15, -0.1) is 0 Å². The third-order valence-electron chi connectivity index (χ3n) is 3.83. The number of anilines is 1. The van der Waals surface area contributed by atoms with Crippen molar-refractivity contribution in [3.05, 3.63) is 59.4 Å². The van der Waals surface area contributed by atoms with E-state index in [0.29, 0.717) is 12.1 Å². The number of hydrogen-bond acceptors (Lipinski definition) is 3. The number of nitrogens with one attached hydrogen (secondary N) is 1. The normalized spacial score (nSPS) is 10.3. The first kappa shape index (κ1) is 17.7. The largest absolute Gasteiger partial charge is 0.340 e. The van der Waals surface area contributed by atoms with Crippen LogP contribution >= 0.6 is 0 Å². The number of benzene rings is 1. The molecule has 5 heteroatoms. The van der Waals surface area contributed by atoms with Gasteiger partial charge in [0.1, 0.15) is 5.69 Å². The van der Waals surface area contributed by atoms with Crippen molar-refractivity contribution >= 4 is 17.5 Å². The molecule has 24 heavy (non-hydrogen) atoms. The lowest BCUT2D eigenvalue weighted by Gasteiger charge is -2.16. The zero-order valence-corrected chi connectivity index (χ0v) is 14.4. The summed E-state index contributed by atoms with van der Waals surface area (Å²) in [7, 11) is 1.75. The van der Waals surface area contributed by atoms with E-state index in [0.717, 1.165) is 24.1 Å². The van der Waals surface area contributed by atoms with E-state index < -0.39 is 0 Å². The molecule has 0 fully saturated rings. The molecule has 0 saturated heterocycles. The van der Waals surface area contributed by atoms with Crippen LogP contribution in [0.2, 0.25) is 0 Å². The first-order chi connectivity index (χ1) is 11.5. The Hall–Kier alpha value is -2.69. The van der Waals surface area contributed by atoms with Gasteiger partial charge in [0.2, 0.25) is 0 Å². The Bertz CT molecular complexity index is 728. The minimum Gasteiger partial charge on any atom is -0.340 e. The summed E-state index contributed by atoms with van der Waals surface area (Å²) in [5.41, 5.74) is 2.44. The summed E-state index contributed by atoms with van der Waals surface area (Å²) in [6, 6.07) is 10.7. The van der Waals surface area contributed by atoms with Crippen LogP contribution in [-0.2, 0) is 0 Å². The molecule has 0 radical (unpaired) electrons. The second-order valence-corrected chi connectivity index (χ2v) is 5.78. The quantitative estimate of drug-likeness (QED) is 0.884. The van der Waals surface area contributed by atoms with Crippen LogP contribution in [0.25, 0.3) is 0 Å². The molecule has 1 heterocycles. The van der Waals surface area contributed by atoms with Gasteiger partial charge in [0.25, 0.3) is 11.8 Å². The number of para-hydroxylation sites is 1. The highest BCUT2D eigenvalue weighted by Gasteiger charge is 2.15. The highest BCUT2D eigenvalue weighted by Crippen LogP contribution is 2.15. The molecule has 1 N–H and O–H groups in total. The fourth-order valence-electron chi connectivity index (χ4n) is 2.29. The molecule has 0 spiro atoms. The highest BCUT2D eigenvalue weighted by atomic mass is 16.2. The molecule has 0 atom stereocenters. The number of rotatable bonds is 6. The van der Waals surface area contributed by atoms with E-state index in [4.69, 9.17) is 0 Å². The van der Waals surface area contributed by atoms with E-state index in [1.54, 1.807) is 24.1 Å². The van der Waals surface area contributed by atoms with E-state index >= 15 is 0 Å². The number of carbonyl (C=O) groups is 2. The van der Waals surface area contributed by atoms with Crippen molar-refractivity contribution in [3.63, 3.8) is 0 Å². The zero-order chi connectivity index (χ0) is 17.5. The Kier molecular flexibility index (Phi) is 6.07. The maximum Gasteiger partial charge on any atom is 0.272 e. The molecule has 0 aliphatic heterocycles. The fourth-order valence-corrected chi connectivity index (χ4v) is 2.29. The molecular formula is C19H23N3O2. The van der Waals surface area contributed by atoms with Crippen molar-refractivity contribution in [3.8, 4) is 0 Å².